The normalized spacial score (nSPS) is 20.7. The molecule has 4 rings (SSSR count). The molecule has 0 aromatic heterocycles. The van der Waals surface area contributed by atoms with Crippen molar-refractivity contribution in [1.29, 1.82) is 0 Å². The lowest BCUT2D eigenvalue weighted by Gasteiger charge is -2.43. The van der Waals surface area contributed by atoms with E-state index in [0.717, 1.165) is 46.5 Å². The highest BCUT2D eigenvalue weighted by Crippen LogP contribution is 2.49. The van der Waals surface area contributed by atoms with Crippen LogP contribution in [0.15, 0.2) is 53.7 Å². The number of para-hydroxylation sites is 1. The number of Topliss-reactive ketones (excluding diaryl/α,β-unsaturated/α-hetero) is 1. The molecule has 3 nitrogen and oxygen atoms in total. The largest absolute Gasteiger partial charge is 0.294 e. The van der Waals surface area contributed by atoms with Gasteiger partial charge in [-0.15, -0.1) is 0 Å². The Morgan fingerprint density at radius 2 is 1.72 bits per heavy atom. The van der Waals surface area contributed by atoms with Crippen molar-refractivity contribution < 1.29 is 9.59 Å². The minimum atomic E-state index is -0.160. The number of nitrogens with zero attached hydrogens (tertiary/aromatic N) is 1. The zero-order chi connectivity index (χ0) is 23.2. The maximum atomic E-state index is 13.7. The first-order valence-corrected chi connectivity index (χ1v) is 11.9. The molecule has 2 aliphatic rings. The Kier molecular flexibility index (Phi) is 5.87. The molecule has 0 N–H and O–H groups in total. The van der Waals surface area contributed by atoms with Gasteiger partial charge in [0, 0.05) is 30.0 Å². The van der Waals surface area contributed by atoms with Crippen LogP contribution in [0.2, 0.25) is 0 Å². The summed E-state index contributed by atoms with van der Waals surface area (Å²) in [5.41, 5.74) is 7.18. The lowest BCUT2D eigenvalue weighted by Crippen LogP contribution is -2.44. The van der Waals surface area contributed by atoms with Crippen molar-refractivity contribution in [1.82, 2.24) is 0 Å². The van der Waals surface area contributed by atoms with E-state index in [-0.39, 0.29) is 23.0 Å². The van der Waals surface area contributed by atoms with Gasteiger partial charge in [0.15, 0.2) is 5.78 Å². The number of carbonyl (C=O) groups excluding carboxylic acids is 2. The van der Waals surface area contributed by atoms with Crippen LogP contribution in [-0.4, -0.2) is 11.7 Å². The van der Waals surface area contributed by atoms with Crippen LogP contribution < -0.4 is 4.90 Å². The van der Waals surface area contributed by atoms with Gasteiger partial charge in [-0.1, -0.05) is 77.1 Å². The van der Waals surface area contributed by atoms with Gasteiger partial charge >= 0.3 is 0 Å². The molecule has 32 heavy (non-hydrogen) atoms. The monoisotopic (exact) mass is 429 g/mol. The van der Waals surface area contributed by atoms with E-state index in [4.69, 9.17) is 0 Å². The number of hydrogen-bond acceptors (Lipinski definition) is 2. The number of anilines is 1. The molecule has 1 atom stereocenters. The van der Waals surface area contributed by atoms with Crippen LogP contribution in [0, 0.1) is 12.3 Å². The van der Waals surface area contributed by atoms with Crippen LogP contribution in [0.3, 0.4) is 0 Å². The van der Waals surface area contributed by atoms with Crippen molar-refractivity contribution in [2.45, 2.75) is 79.1 Å². The van der Waals surface area contributed by atoms with Crippen LogP contribution in [0.4, 0.5) is 5.69 Å². The number of allylic oxidation sites excluding steroid dienone is 2. The third kappa shape index (κ3) is 3.94. The quantitative estimate of drug-likeness (QED) is 0.533. The molecule has 168 valence electrons. The Bertz CT molecular complexity index is 1090. The van der Waals surface area contributed by atoms with Gasteiger partial charge in [-0.25, -0.2) is 0 Å². The summed E-state index contributed by atoms with van der Waals surface area (Å²) in [4.78, 5) is 29.2. The Morgan fingerprint density at radius 3 is 2.34 bits per heavy atom. The highest BCUT2D eigenvalue weighted by Gasteiger charge is 2.44. The molecule has 1 amide bonds. The maximum Gasteiger partial charge on any atom is 0.232 e. The van der Waals surface area contributed by atoms with Gasteiger partial charge in [0.25, 0.3) is 0 Å². The van der Waals surface area contributed by atoms with Gasteiger partial charge < -0.3 is 0 Å². The molecular weight excluding hydrogens is 394 g/mol. The second kappa shape index (κ2) is 8.35. The number of ketones is 1. The summed E-state index contributed by atoms with van der Waals surface area (Å²) in [6.45, 7) is 12.8. The molecule has 1 unspecified atom stereocenters. The molecule has 1 aliphatic heterocycles. The summed E-state index contributed by atoms with van der Waals surface area (Å²) in [5.74, 6) is 0.579. The Morgan fingerprint density at radius 1 is 1.03 bits per heavy atom. The lowest BCUT2D eigenvalue weighted by molar-refractivity contribution is -0.121. The molecule has 1 heterocycles. The predicted molar refractivity (Wildman–Crippen MR) is 131 cm³/mol. The summed E-state index contributed by atoms with van der Waals surface area (Å²) in [5, 5.41) is 0. The first-order valence-electron chi connectivity index (χ1n) is 11.9. The zero-order valence-corrected chi connectivity index (χ0v) is 20.3. The van der Waals surface area contributed by atoms with E-state index in [9.17, 15) is 9.59 Å². The molecule has 0 radical (unpaired) electrons. The van der Waals surface area contributed by atoms with Crippen molar-refractivity contribution in [2.24, 2.45) is 5.41 Å². The summed E-state index contributed by atoms with van der Waals surface area (Å²) in [6, 6.07) is 14.7. The fraction of sp³-hybridized carbons (Fsp3) is 0.448. The van der Waals surface area contributed by atoms with Gasteiger partial charge in [-0.2, -0.15) is 0 Å². The van der Waals surface area contributed by atoms with E-state index in [1.54, 1.807) is 0 Å². The molecule has 2 aromatic rings. The number of rotatable bonds is 4. The average molecular weight is 430 g/mol. The lowest BCUT2D eigenvalue weighted by atomic mass is 9.69. The Labute approximate surface area is 192 Å². The van der Waals surface area contributed by atoms with Crippen LogP contribution in [0.1, 0.15) is 88.0 Å². The summed E-state index contributed by atoms with van der Waals surface area (Å²) in [6.07, 6.45) is 2.45. The van der Waals surface area contributed by atoms with E-state index < -0.39 is 0 Å². The predicted octanol–water partition coefficient (Wildman–Crippen LogP) is 6.84. The van der Waals surface area contributed by atoms with Crippen molar-refractivity contribution in [3.05, 3.63) is 76.0 Å². The molecule has 0 bridgehead atoms. The van der Waals surface area contributed by atoms with Crippen LogP contribution in [0.5, 0.6) is 0 Å². The second-order valence-corrected chi connectivity index (χ2v) is 10.5. The molecule has 0 spiro atoms. The first-order chi connectivity index (χ1) is 15.1. The standard InChI is InChI=1S/C29H35NO2/c1-7-20-10-8-9-19(4)28(20)30-24-16-29(5,6)17-25(31)27(24)23(15-26(30)32)22-13-11-21(12-14-22)18(2)3/h8-14,18,23H,7,15-17H2,1-6H3. The third-order valence-corrected chi connectivity index (χ3v) is 7.07. The van der Waals surface area contributed by atoms with Crippen molar-refractivity contribution in [3.8, 4) is 0 Å². The fourth-order valence-corrected chi connectivity index (χ4v) is 5.40. The minimum absolute atomic E-state index is 0.0937. The SMILES string of the molecule is CCc1cccc(C)c1N1C(=O)CC(c2ccc(C(C)C)cc2)C2=C1CC(C)(C)CC2=O. The first kappa shape index (κ1) is 22.5. The smallest absolute Gasteiger partial charge is 0.232 e. The number of amides is 1. The Hall–Kier alpha value is -2.68. The molecule has 0 saturated carbocycles. The molecule has 2 aromatic carbocycles. The molecule has 0 fully saturated rings. The van der Waals surface area contributed by atoms with Crippen LogP contribution >= 0.6 is 0 Å². The van der Waals surface area contributed by atoms with Crippen LogP contribution in [0.25, 0.3) is 0 Å². The molecular formula is C29H35NO2. The number of hydrogen-bond donors (Lipinski definition) is 0. The minimum Gasteiger partial charge on any atom is -0.294 e. The van der Waals surface area contributed by atoms with E-state index >= 15 is 0 Å². The molecule has 0 saturated heterocycles. The van der Waals surface area contributed by atoms with Crippen LogP contribution in [-0.2, 0) is 16.0 Å². The number of aryl methyl sites for hydroxylation is 2. The molecule has 1 aliphatic carbocycles. The van der Waals surface area contributed by atoms with Gasteiger partial charge in [-0.3, -0.25) is 14.5 Å². The van der Waals surface area contributed by atoms with Gasteiger partial charge in [0.1, 0.15) is 0 Å². The molecule has 3 heteroatoms. The third-order valence-electron chi connectivity index (χ3n) is 7.07. The van der Waals surface area contributed by atoms with Crippen molar-refractivity contribution in [2.75, 3.05) is 4.90 Å². The Balaban J connectivity index is 1.90. The fourth-order valence-electron chi connectivity index (χ4n) is 5.40. The van der Waals surface area contributed by atoms with E-state index in [0.29, 0.717) is 18.8 Å². The highest BCUT2D eigenvalue weighted by molar-refractivity contribution is 6.08. The average Bonchev–Trinajstić information content (AvgIpc) is 2.73. The maximum absolute atomic E-state index is 13.7. The summed E-state index contributed by atoms with van der Waals surface area (Å²) >= 11 is 0. The second-order valence-electron chi connectivity index (χ2n) is 10.5. The van der Waals surface area contributed by atoms with Crippen molar-refractivity contribution >= 4 is 17.4 Å². The summed E-state index contributed by atoms with van der Waals surface area (Å²) < 4.78 is 0. The highest BCUT2D eigenvalue weighted by atomic mass is 16.2. The topological polar surface area (TPSA) is 37.4 Å². The zero-order valence-electron chi connectivity index (χ0n) is 20.3. The van der Waals surface area contributed by atoms with Gasteiger partial charge in [0.05, 0.1) is 5.69 Å². The number of carbonyl (C=O) groups is 2. The van der Waals surface area contributed by atoms with Gasteiger partial charge in [-0.05, 0) is 53.4 Å². The summed E-state index contributed by atoms with van der Waals surface area (Å²) in [7, 11) is 0. The van der Waals surface area contributed by atoms with Gasteiger partial charge in [0.2, 0.25) is 5.91 Å². The van der Waals surface area contributed by atoms with Crippen molar-refractivity contribution in [3.63, 3.8) is 0 Å². The van der Waals surface area contributed by atoms with E-state index in [1.807, 2.05) is 4.90 Å². The number of benzene rings is 2. The van der Waals surface area contributed by atoms with E-state index in [1.165, 1.54) is 5.56 Å². The van der Waals surface area contributed by atoms with E-state index in [2.05, 4.69) is 84.0 Å².